The number of rotatable bonds is 3. The molecule has 1 unspecified atom stereocenters. The molecule has 1 heterocycles. The molecule has 1 atom stereocenters. The predicted octanol–water partition coefficient (Wildman–Crippen LogP) is 5.00. The van der Waals surface area contributed by atoms with Gasteiger partial charge in [0.05, 0.1) is 16.4 Å². The molecular weight excluding hydrogens is 280 g/mol. The first-order chi connectivity index (χ1) is 10.1. The summed E-state index contributed by atoms with van der Waals surface area (Å²) < 4.78 is 2.23. The molecule has 0 fully saturated rings. The van der Waals surface area contributed by atoms with Crippen molar-refractivity contribution in [2.45, 2.75) is 32.7 Å². The third-order valence-corrected chi connectivity index (χ3v) is 4.13. The second kappa shape index (κ2) is 5.53. The minimum absolute atomic E-state index is 0.110. The first kappa shape index (κ1) is 14.2. The molecule has 108 valence electrons. The van der Waals surface area contributed by atoms with Gasteiger partial charge in [0.25, 0.3) is 0 Å². The Morgan fingerprint density at radius 1 is 1.10 bits per heavy atom. The number of halogens is 1. The lowest BCUT2D eigenvalue weighted by Gasteiger charge is -2.11. The summed E-state index contributed by atoms with van der Waals surface area (Å²) in [5.41, 5.74) is 5.99. The van der Waals surface area contributed by atoms with Crippen molar-refractivity contribution in [3.05, 3.63) is 65.0 Å². The molecule has 2 aromatic carbocycles. The summed E-state index contributed by atoms with van der Waals surface area (Å²) in [6.45, 7) is 7.03. The summed E-state index contributed by atoms with van der Waals surface area (Å²) >= 11 is 6.34. The number of hydrogen-bond acceptors (Lipinski definition) is 1. The number of fused-ring (bicyclic) bond motifs is 1. The van der Waals surface area contributed by atoms with Crippen LogP contribution in [0.5, 0.6) is 0 Å². The highest BCUT2D eigenvalue weighted by Gasteiger charge is 2.16. The van der Waals surface area contributed by atoms with Crippen LogP contribution >= 0.6 is 11.6 Å². The molecule has 0 aliphatic rings. The van der Waals surface area contributed by atoms with Crippen molar-refractivity contribution >= 4 is 22.6 Å². The molecular formula is C18H19ClN2. The Labute approximate surface area is 130 Å². The Kier molecular flexibility index (Phi) is 3.73. The van der Waals surface area contributed by atoms with Crippen LogP contribution in [0, 0.1) is 13.8 Å². The summed E-state index contributed by atoms with van der Waals surface area (Å²) in [6, 6.07) is 14.8. The van der Waals surface area contributed by atoms with Crippen LogP contribution in [-0.2, 0) is 6.54 Å². The molecule has 3 heteroatoms. The van der Waals surface area contributed by atoms with Crippen LogP contribution in [0.3, 0.4) is 0 Å². The van der Waals surface area contributed by atoms with Crippen LogP contribution < -0.4 is 0 Å². The van der Waals surface area contributed by atoms with Gasteiger partial charge in [-0.2, -0.15) is 0 Å². The van der Waals surface area contributed by atoms with Crippen LogP contribution in [0.4, 0.5) is 0 Å². The summed E-state index contributed by atoms with van der Waals surface area (Å²) in [5.74, 6) is 0.931. The maximum absolute atomic E-state index is 6.34. The molecule has 0 radical (unpaired) electrons. The summed E-state index contributed by atoms with van der Waals surface area (Å²) in [5, 5.41) is -0.110. The van der Waals surface area contributed by atoms with Gasteiger partial charge >= 0.3 is 0 Å². The van der Waals surface area contributed by atoms with Crippen molar-refractivity contribution in [1.29, 1.82) is 0 Å². The van der Waals surface area contributed by atoms with Crippen molar-refractivity contribution in [3.8, 4) is 0 Å². The van der Waals surface area contributed by atoms with Crippen LogP contribution in [0.1, 0.15) is 34.8 Å². The first-order valence-corrected chi connectivity index (χ1v) is 7.65. The Hall–Kier alpha value is -1.80. The molecule has 0 aliphatic carbocycles. The summed E-state index contributed by atoms with van der Waals surface area (Å²) in [4.78, 5) is 4.74. The topological polar surface area (TPSA) is 17.8 Å². The van der Waals surface area contributed by atoms with Gasteiger partial charge in [-0.1, -0.05) is 30.3 Å². The van der Waals surface area contributed by atoms with E-state index in [0.717, 1.165) is 23.4 Å². The van der Waals surface area contributed by atoms with E-state index in [-0.39, 0.29) is 5.38 Å². The molecule has 21 heavy (non-hydrogen) atoms. The number of aromatic nitrogens is 2. The maximum Gasteiger partial charge on any atom is 0.128 e. The van der Waals surface area contributed by atoms with Crippen LogP contribution in [0.25, 0.3) is 11.0 Å². The van der Waals surface area contributed by atoms with E-state index in [4.69, 9.17) is 16.6 Å². The third kappa shape index (κ3) is 2.68. The fourth-order valence-corrected chi connectivity index (χ4v) is 2.80. The van der Waals surface area contributed by atoms with Crippen LogP contribution in [-0.4, -0.2) is 9.55 Å². The standard InChI is InChI=1S/C18H19ClN2/c1-12-9-16-17(10-13(12)2)21(18(20-16)14(3)19)11-15-7-5-4-6-8-15/h4-10,14H,11H2,1-3H3. The van der Waals surface area contributed by atoms with Crippen molar-refractivity contribution in [1.82, 2.24) is 9.55 Å². The lowest BCUT2D eigenvalue weighted by Crippen LogP contribution is -2.05. The van der Waals surface area contributed by atoms with Gasteiger partial charge in [0.15, 0.2) is 0 Å². The highest BCUT2D eigenvalue weighted by molar-refractivity contribution is 6.20. The predicted molar refractivity (Wildman–Crippen MR) is 89.0 cm³/mol. The van der Waals surface area contributed by atoms with Gasteiger partial charge in [-0.3, -0.25) is 0 Å². The number of nitrogens with zero attached hydrogens (tertiary/aromatic N) is 2. The Bertz CT molecular complexity index is 773. The molecule has 3 rings (SSSR count). The van der Waals surface area contributed by atoms with E-state index in [1.54, 1.807) is 0 Å². The molecule has 0 amide bonds. The number of hydrogen-bond donors (Lipinski definition) is 0. The van der Waals surface area contributed by atoms with Crippen molar-refractivity contribution < 1.29 is 0 Å². The maximum atomic E-state index is 6.34. The van der Waals surface area contributed by atoms with Gasteiger partial charge in [-0.25, -0.2) is 4.98 Å². The zero-order chi connectivity index (χ0) is 15.0. The lowest BCUT2D eigenvalue weighted by atomic mass is 10.1. The summed E-state index contributed by atoms with van der Waals surface area (Å²) in [7, 11) is 0. The lowest BCUT2D eigenvalue weighted by molar-refractivity contribution is 0.742. The second-order valence-corrected chi connectivity index (χ2v) is 6.24. The molecule has 2 nitrogen and oxygen atoms in total. The monoisotopic (exact) mass is 298 g/mol. The average Bonchev–Trinajstić information content (AvgIpc) is 2.79. The first-order valence-electron chi connectivity index (χ1n) is 7.21. The fourth-order valence-electron chi connectivity index (χ4n) is 2.63. The summed E-state index contributed by atoms with van der Waals surface area (Å²) in [6.07, 6.45) is 0. The van der Waals surface area contributed by atoms with Gasteiger partial charge in [0.2, 0.25) is 0 Å². The minimum Gasteiger partial charge on any atom is -0.322 e. The smallest absolute Gasteiger partial charge is 0.128 e. The highest BCUT2D eigenvalue weighted by Crippen LogP contribution is 2.27. The normalized spacial score (nSPS) is 12.8. The van der Waals surface area contributed by atoms with E-state index >= 15 is 0 Å². The van der Waals surface area contributed by atoms with E-state index in [0.29, 0.717) is 0 Å². The molecule has 0 bridgehead atoms. The van der Waals surface area contributed by atoms with E-state index in [1.165, 1.54) is 16.7 Å². The number of imidazole rings is 1. The number of benzene rings is 2. The fraction of sp³-hybridized carbons (Fsp3) is 0.278. The molecule has 0 N–H and O–H groups in total. The van der Waals surface area contributed by atoms with Crippen molar-refractivity contribution in [2.24, 2.45) is 0 Å². The van der Waals surface area contributed by atoms with E-state index < -0.39 is 0 Å². The van der Waals surface area contributed by atoms with E-state index in [2.05, 4.69) is 54.8 Å². The highest BCUT2D eigenvalue weighted by atomic mass is 35.5. The molecule has 0 spiro atoms. The minimum atomic E-state index is -0.110. The molecule has 1 aromatic heterocycles. The van der Waals surface area contributed by atoms with Gasteiger partial charge in [0.1, 0.15) is 5.82 Å². The van der Waals surface area contributed by atoms with Gasteiger partial charge < -0.3 is 4.57 Å². The Balaban J connectivity index is 2.18. The van der Waals surface area contributed by atoms with Crippen LogP contribution in [0.15, 0.2) is 42.5 Å². The second-order valence-electron chi connectivity index (χ2n) is 5.58. The van der Waals surface area contributed by atoms with Crippen molar-refractivity contribution in [3.63, 3.8) is 0 Å². The van der Waals surface area contributed by atoms with Gasteiger partial charge in [-0.05, 0) is 49.6 Å². The SMILES string of the molecule is Cc1cc2nc(C(C)Cl)n(Cc3ccccc3)c2cc1C. The van der Waals surface area contributed by atoms with Crippen molar-refractivity contribution in [2.75, 3.05) is 0 Å². The molecule has 0 saturated carbocycles. The van der Waals surface area contributed by atoms with Gasteiger partial charge in [-0.15, -0.1) is 11.6 Å². The van der Waals surface area contributed by atoms with Gasteiger partial charge in [0, 0.05) is 6.54 Å². The number of aryl methyl sites for hydroxylation is 2. The zero-order valence-electron chi connectivity index (χ0n) is 12.6. The van der Waals surface area contributed by atoms with Crippen LogP contribution in [0.2, 0.25) is 0 Å². The van der Waals surface area contributed by atoms with E-state index in [1.807, 2.05) is 13.0 Å². The van der Waals surface area contributed by atoms with E-state index in [9.17, 15) is 0 Å². The Morgan fingerprint density at radius 3 is 2.43 bits per heavy atom. The largest absolute Gasteiger partial charge is 0.322 e. The zero-order valence-corrected chi connectivity index (χ0v) is 13.4. The molecule has 0 aliphatic heterocycles. The Morgan fingerprint density at radius 2 is 1.76 bits per heavy atom. The number of alkyl halides is 1. The average molecular weight is 299 g/mol. The quantitative estimate of drug-likeness (QED) is 0.622. The molecule has 0 saturated heterocycles. The molecule has 3 aromatic rings. The third-order valence-electron chi connectivity index (χ3n) is 3.93.